The number of rotatable bonds is 7. The first-order valence-electron chi connectivity index (χ1n) is 5.86. The van der Waals surface area contributed by atoms with Crippen LogP contribution in [0, 0.1) is 0 Å². The molecular weight excluding hydrogens is 275 g/mol. The van der Waals surface area contributed by atoms with Gasteiger partial charge in [0.2, 0.25) is 6.49 Å². The summed E-state index contributed by atoms with van der Waals surface area (Å²) >= 11 is 10.8. The van der Waals surface area contributed by atoms with Gasteiger partial charge in [0.1, 0.15) is 5.66 Å². The highest BCUT2D eigenvalue weighted by Gasteiger charge is 2.33. The number of hydrogen-bond acceptors (Lipinski definition) is 5. The van der Waals surface area contributed by atoms with E-state index >= 15 is 0 Å². The predicted molar refractivity (Wildman–Crippen MR) is 80.4 cm³/mol. The van der Waals surface area contributed by atoms with E-state index in [1.54, 1.807) is 0 Å². The second-order valence-electron chi connectivity index (χ2n) is 4.28. The Balaban J connectivity index is 4.90. The Morgan fingerprint density at radius 1 is 1.06 bits per heavy atom. The van der Waals surface area contributed by atoms with Gasteiger partial charge in [-0.1, -0.05) is 0 Å². The molecule has 0 radical (unpaired) electrons. The molecule has 0 aliphatic rings. The molecule has 0 aliphatic carbocycles. The summed E-state index contributed by atoms with van der Waals surface area (Å²) in [5, 5.41) is 0.483. The van der Waals surface area contributed by atoms with Gasteiger partial charge >= 0.3 is 0 Å². The molecule has 0 saturated heterocycles. The number of hydrogen-bond donors (Lipinski definition) is 0. The Kier molecular flexibility index (Phi) is 8.01. The normalized spacial score (nSPS) is 14.1. The molecule has 3 nitrogen and oxygen atoms in total. The van der Waals surface area contributed by atoms with Gasteiger partial charge in [-0.3, -0.25) is 0 Å². The Labute approximate surface area is 115 Å². The number of ether oxygens (including phenoxy) is 1. The van der Waals surface area contributed by atoms with Gasteiger partial charge in [-0.25, -0.2) is 0 Å². The maximum Gasteiger partial charge on any atom is 0.200 e. The molecule has 0 aromatic carbocycles. The lowest BCUT2D eigenvalue weighted by Gasteiger charge is -2.31. The van der Waals surface area contributed by atoms with E-state index in [1.165, 1.54) is 0 Å². The Morgan fingerprint density at radius 3 is 1.76 bits per heavy atom. The quantitative estimate of drug-likeness (QED) is 0.525. The maximum absolute atomic E-state index is 5.81. The zero-order valence-electron chi connectivity index (χ0n) is 11.4. The number of thiocarbonyl (C=S) groups is 1. The third-order valence-electron chi connectivity index (χ3n) is 1.82. The van der Waals surface area contributed by atoms with Crippen LogP contribution in [0.3, 0.4) is 0 Å². The topological polar surface area (TPSA) is 27.7 Å². The van der Waals surface area contributed by atoms with Crippen molar-refractivity contribution in [3.05, 3.63) is 0 Å². The van der Waals surface area contributed by atoms with Crippen LogP contribution in [-0.4, -0.2) is 29.5 Å². The lowest BCUT2D eigenvalue weighted by Crippen LogP contribution is -2.23. The van der Waals surface area contributed by atoms with Crippen molar-refractivity contribution in [1.29, 1.82) is 0 Å². The van der Waals surface area contributed by atoms with Crippen LogP contribution in [0.5, 0.6) is 0 Å². The minimum absolute atomic E-state index is 0.0199. The van der Waals surface area contributed by atoms with Crippen LogP contribution in [-0.2, 0) is 25.6 Å². The summed E-state index contributed by atoms with van der Waals surface area (Å²) in [5.74, 6) is 0. The van der Waals surface area contributed by atoms with Crippen molar-refractivity contribution < 1.29 is 13.8 Å². The first-order valence-corrected chi connectivity index (χ1v) is 8.97. The molecule has 0 fully saturated rings. The summed E-state index contributed by atoms with van der Waals surface area (Å²) in [4.78, 5) is 0. The molecule has 0 bridgehead atoms. The van der Waals surface area contributed by atoms with Gasteiger partial charge in [-0.2, -0.15) is 0 Å². The van der Waals surface area contributed by atoms with Crippen LogP contribution in [0.15, 0.2) is 0 Å². The lowest BCUT2D eigenvalue weighted by molar-refractivity contribution is 0.172. The van der Waals surface area contributed by atoms with Crippen molar-refractivity contribution >= 4 is 35.6 Å². The van der Waals surface area contributed by atoms with Crippen molar-refractivity contribution in [2.45, 2.75) is 59.4 Å². The lowest BCUT2D eigenvalue weighted by atomic mass is 10.5. The fourth-order valence-electron chi connectivity index (χ4n) is 1.19. The van der Waals surface area contributed by atoms with E-state index in [0.29, 0.717) is 11.7 Å². The molecule has 0 saturated carbocycles. The Hall–Kier alpha value is 0.460. The zero-order chi connectivity index (χ0) is 13.6. The molecule has 6 heteroatoms. The third-order valence-corrected chi connectivity index (χ3v) is 6.54. The van der Waals surface area contributed by atoms with E-state index < -0.39 is 6.49 Å². The van der Waals surface area contributed by atoms with Gasteiger partial charge in [-0.15, -0.1) is 0 Å². The Morgan fingerprint density at radius 2 is 1.47 bits per heavy atom. The summed E-state index contributed by atoms with van der Waals surface area (Å²) in [7, 11) is 0. The summed E-state index contributed by atoms with van der Waals surface area (Å²) in [6.45, 7) is 9.70. The smallest absolute Gasteiger partial charge is 0.200 e. The van der Waals surface area contributed by atoms with Gasteiger partial charge in [0.05, 0.1) is 18.8 Å². The van der Waals surface area contributed by atoms with Gasteiger partial charge in [0, 0.05) is 0 Å². The molecule has 0 aromatic heterocycles. The predicted octanol–water partition coefficient (Wildman–Crippen LogP) is 3.90. The second kappa shape index (κ2) is 7.80. The highest BCUT2D eigenvalue weighted by Crippen LogP contribution is 2.55. The van der Waals surface area contributed by atoms with Crippen molar-refractivity contribution in [3.8, 4) is 0 Å². The molecule has 1 unspecified atom stereocenters. The highest BCUT2D eigenvalue weighted by atomic mass is 32.5. The average Bonchev–Trinajstić information content (AvgIpc) is 2.14. The molecule has 102 valence electrons. The second-order valence-corrected chi connectivity index (χ2v) is 8.48. The summed E-state index contributed by atoms with van der Waals surface area (Å²) in [6, 6.07) is 0. The first kappa shape index (κ1) is 17.5. The molecule has 0 amide bonds. The minimum Gasteiger partial charge on any atom is -0.486 e. The summed E-state index contributed by atoms with van der Waals surface area (Å²) in [5.41, 5.74) is -0.169. The largest absolute Gasteiger partial charge is 0.486 e. The molecule has 0 rings (SSSR count). The van der Waals surface area contributed by atoms with Crippen LogP contribution in [0.4, 0.5) is 0 Å². The SMILES string of the molecule is CCOC(=S)C(C)P(=S)(OC(C)C)OC(C)C. The molecule has 0 aliphatic heterocycles. The van der Waals surface area contributed by atoms with Crippen LogP contribution >= 0.6 is 18.7 Å². The monoisotopic (exact) mass is 298 g/mol. The molecule has 0 spiro atoms. The van der Waals surface area contributed by atoms with Gasteiger partial charge < -0.3 is 13.8 Å². The molecule has 0 aromatic rings. The Bertz CT molecular complexity index is 278. The average molecular weight is 298 g/mol. The molecule has 0 N–H and O–H groups in total. The van der Waals surface area contributed by atoms with Crippen molar-refractivity contribution in [1.82, 2.24) is 0 Å². The highest BCUT2D eigenvalue weighted by molar-refractivity contribution is 8.11. The van der Waals surface area contributed by atoms with Crippen molar-refractivity contribution in [2.75, 3.05) is 6.61 Å². The van der Waals surface area contributed by atoms with Gasteiger partial charge in [-0.05, 0) is 65.6 Å². The van der Waals surface area contributed by atoms with E-state index in [9.17, 15) is 0 Å². The standard InChI is InChI=1S/C11H23O3PS2/c1-7-12-11(16)10(6)15(17,13-8(2)3)14-9(4)5/h8-10H,7H2,1-6H3. The summed E-state index contributed by atoms with van der Waals surface area (Å²) < 4.78 is 17.0. The van der Waals surface area contributed by atoms with E-state index in [4.69, 9.17) is 37.8 Å². The summed E-state index contributed by atoms with van der Waals surface area (Å²) in [6.07, 6.45) is 0.0397. The van der Waals surface area contributed by atoms with E-state index in [-0.39, 0.29) is 17.9 Å². The fraction of sp³-hybridized carbons (Fsp3) is 0.909. The minimum atomic E-state index is -2.44. The first-order chi connectivity index (χ1) is 7.73. The molecule has 1 atom stereocenters. The molecule has 17 heavy (non-hydrogen) atoms. The van der Waals surface area contributed by atoms with E-state index in [2.05, 4.69) is 0 Å². The molecular formula is C11H23O3PS2. The van der Waals surface area contributed by atoms with E-state index in [0.717, 1.165) is 0 Å². The van der Waals surface area contributed by atoms with Gasteiger partial charge in [0.15, 0.2) is 5.05 Å². The molecule has 0 heterocycles. The van der Waals surface area contributed by atoms with Crippen LogP contribution in [0.1, 0.15) is 41.5 Å². The van der Waals surface area contributed by atoms with E-state index in [1.807, 2.05) is 41.5 Å². The van der Waals surface area contributed by atoms with Crippen molar-refractivity contribution in [3.63, 3.8) is 0 Å². The maximum atomic E-state index is 5.81. The van der Waals surface area contributed by atoms with Crippen LogP contribution in [0.25, 0.3) is 0 Å². The third kappa shape index (κ3) is 6.25. The zero-order valence-corrected chi connectivity index (χ0v) is 14.0. The van der Waals surface area contributed by atoms with Crippen molar-refractivity contribution in [2.24, 2.45) is 0 Å². The van der Waals surface area contributed by atoms with Crippen LogP contribution < -0.4 is 0 Å². The van der Waals surface area contributed by atoms with Crippen LogP contribution in [0.2, 0.25) is 0 Å². The van der Waals surface area contributed by atoms with Gasteiger partial charge in [0.25, 0.3) is 0 Å². The fourth-order valence-corrected chi connectivity index (χ4v) is 5.16.